The molecule has 1 saturated heterocycles. The molecule has 0 aliphatic carbocycles. The van der Waals surface area contributed by atoms with Gasteiger partial charge in [-0.05, 0) is 44.9 Å². The van der Waals surface area contributed by atoms with Crippen molar-refractivity contribution in [2.75, 3.05) is 34.4 Å². The molecule has 1 fully saturated rings. The topological polar surface area (TPSA) is 93.7 Å². The standard InChI is InChI=1S/C23H30N4O4/c1-14-18(12-21(28)24-3)15(2)26-22(25-14)16-7-6-10-27(13-16)23(29)19-11-17(30-4)8-9-20(19)31-5/h8-9,11,16H,6-7,10,12-13H2,1-5H3,(H,24,28). The number of piperidine rings is 1. The third-order valence-electron chi connectivity index (χ3n) is 5.76. The molecule has 1 aliphatic heterocycles. The van der Waals surface area contributed by atoms with Gasteiger partial charge in [0.1, 0.15) is 17.3 Å². The van der Waals surface area contributed by atoms with Gasteiger partial charge in [0.05, 0.1) is 26.2 Å². The minimum atomic E-state index is -0.0925. The van der Waals surface area contributed by atoms with Crippen LogP contribution in [0.15, 0.2) is 18.2 Å². The maximum atomic E-state index is 13.3. The zero-order valence-corrected chi connectivity index (χ0v) is 18.8. The van der Waals surface area contributed by atoms with Gasteiger partial charge in [0, 0.05) is 43.0 Å². The molecular weight excluding hydrogens is 396 g/mol. The van der Waals surface area contributed by atoms with Crippen molar-refractivity contribution in [1.82, 2.24) is 20.2 Å². The summed E-state index contributed by atoms with van der Waals surface area (Å²) in [5.41, 5.74) is 2.96. The quantitative estimate of drug-likeness (QED) is 0.763. The number of hydrogen-bond acceptors (Lipinski definition) is 6. The Bertz CT molecular complexity index is 953. The first-order valence-electron chi connectivity index (χ1n) is 10.4. The van der Waals surface area contributed by atoms with Gasteiger partial charge in [0.25, 0.3) is 5.91 Å². The van der Waals surface area contributed by atoms with Crippen LogP contribution in [-0.4, -0.2) is 61.0 Å². The summed E-state index contributed by atoms with van der Waals surface area (Å²) in [6.07, 6.45) is 2.04. The number of carbonyl (C=O) groups is 2. The van der Waals surface area contributed by atoms with E-state index in [1.54, 1.807) is 39.5 Å². The van der Waals surface area contributed by atoms with Gasteiger partial charge in [-0.3, -0.25) is 9.59 Å². The highest BCUT2D eigenvalue weighted by Gasteiger charge is 2.29. The number of likely N-dealkylation sites (tertiary alicyclic amines) is 1. The van der Waals surface area contributed by atoms with Crippen molar-refractivity contribution in [3.8, 4) is 11.5 Å². The summed E-state index contributed by atoms with van der Waals surface area (Å²) in [5.74, 6) is 1.74. The average molecular weight is 427 g/mol. The van der Waals surface area contributed by atoms with Gasteiger partial charge in [0.15, 0.2) is 0 Å². The van der Waals surface area contributed by atoms with E-state index >= 15 is 0 Å². The number of benzene rings is 1. The fourth-order valence-electron chi connectivity index (χ4n) is 3.98. The van der Waals surface area contributed by atoms with Gasteiger partial charge in [-0.15, -0.1) is 0 Å². The molecule has 1 N–H and O–H groups in total. The van der Waals surface area contributed by atoms with Crippen molar-refractivity contribution in [3.63, 3.8) is 0 Å². The van der Waals surface area contributed by atoms with Crippen LogP contribution >= 0.6 is 0 Å². The molecule has 166 valence electrons. The molecule has 0 spiro atoms. The van der Waals surface area contributed by atoms with Gasteiger partial charge < -0.3 is 19.7 Å². The normalized spacial score (nSPS) is 16.0. The summed E-state index contributed by atoms with van der Waals surface area (Å²) in [4.78, 5) is 36.3. The number of methoxy groups -OCH3 is 2. The van der Waals surface area contributed by atoms with E-state index in [4.69, 9.17) is 19.4 Å². The molecule has 31 heavy (non-hydrogen) atoms. The van der Waals surface area contributed by atoms with Crippen LogP contribution in [0.2, 0.25) is 0 Å². The van der Waals surface area contributed by atoms with Crippen LogP contribution in [0.3, 0.4) is 0 Å². The van der Waals surface area contributed by atoms with E-state index in [-0.39, 0.29) is 24.2 Å². The maximum Gasteiger partial charge on any atom is 0.257 e. The Hall–Kier alpha value is -3.16. The predicted molar refractivity (Wildman–Crippen MR) is 117 cm³/mol. The number of carbonyl (C=O) groups excluding carboxylic acids is 2. The molecule has 1 aromatic heterocycles. The van der Waals surface area contributed by atoms with Crippen molar-refractivity contribution in [2.45, 2.75) is 39.0 Å². The smallest absolute Gasteiger partial charge is 0.257 e. The third-order valence-corrected chi connectivity index (χ3v) is 5.76. The Morgan fingerprint density at radius 1 is 1.16 bits per heavy atom. The predicted octanol–water partition coefficient (Wildman–Crippen LogP) is 2.42. The SMILES string of the molecule is CNC(=O)Cc1c(C)nc(C2CCCN(C(=O)c3cc(OC)ccc3OC)C2)nc1C. The molecule has 0 radical (unpaired) electrons. The number of rotatable bonds is 6. The number of ether oxygens (including phenoxy) is 2. The van der Waals surface area contributed by atoms with E-state index in [0.717, 1.165) is 35.6 Å². The van der Waals surface area contributed by atoms with Crippen LogP contribution in [0, 0.1) is 13.8 Å². The molecule has 1 aromatic carbocycles. The second-order valence-corrected chi connectivity index (χ2v) is 7.74. The molecular formula is C23H30N4O4. The number of likely N-dealkylation sites (N-methyl/N-ethyl adjacent to an activating group) is 1. The first-order valence-corrected chi connectivity index (χ1v) is 10.4. The number of aryl methyl sites for hydroxylation is 2. The second kappa shape index (κ2) is 9.76. The Labute approximate surface area is 183 Å². The van der Waals surface area contributed by atoms with E-state index < -0.39 is 0 Å². The lowest BCUT2D eigenvalue weighted by Crippen LogP contribution is -2.39. The number of hydrogen-bond donors (Lipinski definition) is 1. The van der Waals surface area contributed by atoms with Crippen molar-refractivity contribution in [1.29, 1.82) is 0 Å². The van der Waals surface area contributed by atoms with Gasteiger partial charge in [-0.2, -0.15) is 0 Å². The van der Waals surface area contributed by atoms with Gasteiger partial charge >= 0.3 is 0 Å². The van der Waals surface area contributed by atoms with Crippen LogP contribution in [0.4, 0.5) is 0 Å². The van der Waals surface area contributed by atoms with Gasteiger partial charge in [-0.25, -0.2) is 9.97 Å². The molecule has 0 bridgehead atoms. The number of aromatic nitrogens is 2. The summed E-state index contributed by atoms with van der Waals surface area (Å²) in [5, 5.41) is 2.64. The lowest BCUT2D eigenvalue weighted by molar-refractivity contribution is -0.120. The fraction of sp³-hybridized carbons (Fsp3) is 0.478. The summed E-state index contributed by atoms with van der Waals surface area (Å²) in [7, 11) is 4.74. The minimum Gasteiger partial charge on any atom is -0.497 e. The molecule has 8 heteroatoms. The zero-order valence-electron chi connectivity index (χ0n) is 18.8. The maximum absolute atomic E-state index is 13.3. The average Bonchev–Trinajstić information content (AvgIpc) is 2.80. The highest BCUT2D eigenvalue weighted by atomic mass is 16.5. The molecule has 1 unspecified atom stereocenters. The first kappa shape index (κ1) is 22.5. The van der Waals surface area contributed by atoms with Crippen LogP contribution in [-0.2, 0) is 11.2 Å². The monoisotopic (exact) mass is 426 g/mol. The van der Waals surface area contributed by atoms with Crippen molar-refractivity contribution < 1.29 is 19.1 Å². The van der Waals surface area contributed by atoms with Crippen molar-refractivity contribution in [2.24, 2.45) is 0 Å². The zero-order chi connectivity index (χ0) is 22.5. The lowest BCUT2D eigenvalue weighted by Gasteiger charge is -2.32. The number of amides is 2. The van der Waals surface area contributed by atoms with E-state index in [9.17, 15) is 9.59 Å². The molecule has 1 atom stereocenters. The van der Waals surface area contributed by atoms with Crippen LogP contribution in [0.5, 0.6) is 11.5 Å². The van der Waals surface area contributed by atoms with Crippen molar-refractivity contribution >= 4 is 11.8 Å². The number of nitrogens with zero attached hydrogens (tertiary/aromatic N) is 3. The van der Waals surface area contributed by atoms with E-state index in [2.05, 4.69) is 5.32 Å². The minimum absolute atomic E-state index is 0.0424. The fourth-order valence-corrected chi connectivity index (χ4v) is 3.98. The highest BCUT2D eigenvalue weighted by molar-refractivity contribution is 5.97. The number of nitrogens with one attached hydrogen (secondary N) is 1. The Morgan fingerprint density at radius 3 is 2.48 bits per heavy atom. The molecule has 2 amide bonds. The van der Waals surface area contributed by atoms with E-state index in [1.165, 1.54) is 0 Å². The molecule has 3 rings (SSSR count). The van der Waals surface area contributed by atoms with Crippen molar-refractivity contribution in [3.05, 3.63) is 46.5 Å². The summed E-state index contributed by atoms with van der Waals surface area (Å²) in [6, 6.07) is 5.23. The van der Waals surface area contributed by atoms with E-state index in [1.807, 2.05) is 18.7 Å². The third kappa shape index (κ3) is 4.95. The van der Waals surface area contributed by atoms with Crippen LogP contribution < -0.4 is 14.8 Å². The molecule has 2 heterocycles. The Kier molecular flexibility index (Phi) is 7.09. The summed E-state index contributed by atoms with van der Waals surface area (Å²) in [6.45, 7) is 5.02. The Morgan fingerprint density at radius 2 is 1.87 bits per heavy atom. The molecule has 8 nitrogen and oxygen atoms in total. The molecule has 2 aromatic rings. The van der Waals surface area contributed by atoms with E-state index in [0.29, 0.717) is 30.2 Å². The van der Waals surface area contributed by atoms with Crippen LogP contribution in [0.25, 0.3) is 0 Å². The summed E-state index contributed by atoms with van der Waals surface area (Å²) < 4.78 is 10.7. The largest absolute Gasteiger partial charge is 0.497 e. The summed E-state index contributed by atoms with van der Waals surface area (Å²) >= 11 is 0. The van der Waals surface area contributed by atoms with Gasteiger partial charge in [-0.1, -0.05) is 0 Å². The lowest BCUT2D eigenvalue weighted by atomic mass is 9.95. The highest BCUT2D eigenvalue weighted by Crippen LogP contribution is 2.30. The first-order chi connectivity index (χ1) is 14.9. The van der Waals surface area contributed by atoms with Gasteiger partial charge in [0.2, 0.25) is 5.91 Å². The van der Waals surface area contributed by atoms with Crippen LogP contribution in [0.1, 0.15) is 51.9 Å². The molecule has 0 saturated carbocycles. The Balaban J connectivity index is 1.82. The second-order valence-electron chi connectivity index (χ2n) is 7.74. The molecule has 1 aliphatic rings.